The second kappa shape index (κ2) is 4.98. The van der Waals surface area contributed by atoms with Gasteiger partial charge in [-0.1, -0.05) is 0 Å². The molecule has 3 N–H and O–H groups in total. The maximum Gasteiger partial charge on any atom is 0.253 e. The lowest BCUT2D eigenvalue weighted by Crippen LogP contribution is -2.28. The van der Waals surface area contributed by atoms with Crippen molar-refractivity contribution in [3.8, 4) is 0 Å². The predicted octanol–water partition coefficient (Wildman–Crippen LogP) is 2.39. The summed E-state index contributed by atoms with van der Waals surface area (Å²) in [6, 6.07) is 3.78. The van der Waals surface area contributed by atoms with E-state index in [1.54, 1.807) is 0 Å². The van der Waals surface area contributed by atoms with Crippen LogP contribution in [0.3, 0.4) is 0 Å². The standard InChI is InChI=1S/C14H20N2O2/c1-8-7-12(9(2)6-11(8)15)16-14(17)13-5-4-10(3)18-13/h6-7,10,13H,4-5,15H2,1-3H3,(H,16,17). The molecule has 1 amide bonds. The molecular weight excluding hydrogens is 228 g/mol. The van der Waals surface area contributed by atoms with Gasteiger partial charge in [0.2, 0.25) is 0 Å². The molecule has 1 saturated heterocycles. The van der Waals surface area contributed by atoms with Crippen molar-refractivity contribution in [2.24, 2.45) is 0 Å². The van der Waals surface area contributed by atoms with Gasteiger partial charge in [-0.05, 0) is 56.9 Å². The zero-order valence-electron chi connectivity index (χ0n) is 11.1. The number of rotatable bonds is 2. The molecule has 2 atom stereocenters. The Bertz CT molecular complexity index is 471. The number of benzene rings is 1. The van der Waals surface area contributed by atoms with Crippen molar-refractivity contribution < 1.29 is 9.53 Å². The average molecular weight is 248 g/mol. The van der Waals surface area contributed by atoms with E-state index in [-0.39, 0.29) is 18.1 Å². The van der Waals surface area contributed by atoms with Crippen molar-refractivity contribution in [3.63, 3.8) is 0 Å². The highest BCUT2D eigenvalue weighted by atomic mass is 16.5. The van der Waals surface area contributed by atoms with Crippen LogP contribution >= 0.6 is 0 Å². The summed E-state index contributed by atoms with van der Waals surface area (Å²) >= 11 is 0. The fourth-order valence-electron chi connectivity index (χ4n) is 2.18. The largest absolute Gasteiger partial charge is 0.399 e. The molecule has 0 radical (unpaired) electrons. The molecule has 0 saturated carbocycles. The second-order valence-electron chi connectivity index (χ2n) is 5.03. The summed E-state index contributed by atoms with van der Waals surface area (Å²) in [5.74, 6) is -0.0633. The Morgan fingerprint density at radius 2 is 2.06 bits per heavy atom. The molecule has 0 aliphatic carbocycles. The van der Waals surface area contributed by atoms with Crippen molar-refractivity contribution in [1.82, 2.24) is 0 Å². The third-order valence-electron chi connectivity index (χ3n) is 3.40. The van der Waals surface area contributed by atoms with Crippen LogP contribution in [0, 0.1) is 13.8 Å². The molecule has 98 valence electrons. The van der Waals surface area contributed by atoms with Gasteiger partial charge in [0.1, 0.15) is 6.10 Å². The number of anilines is 2. The molecule has 1 aliphatic rings. The van der Waals surface area contributed by atoms with Gasteiger partial charge in [-0.2, -0.15) is 0 Å². The molecule has 0 bridgehead atoms. The first-order valence-electron chi connectivity index (χ1n) is 6.30. The molecule has 1 aromatic rings. The number of carbonyl (C=O) groups excluding carboxylic acids is 1. The molecule has 2 rings (SSSR count). The molecule has 1 heterocycles. The molecular formula is C14H20N2O2. The number of nitrogens with two attached hydrogens (primary N) is 1. The van der Waals surface area contributed by atoms with Gasteiger partial charge in [0.05, 0.1) is 6.10 Å². The summed E-state index contributed by atoms with van der Waals surface area (Å²) in [5, 5.41) is 2.92. The van der Waals surface area contributed by atoms with Crippen LogP contribution in [0.15, 0.2) is 12.1 Å². The fraction of sp³-hybridized carbons (Fsp3) is 0.500. The molecule has 2 unspecified atom stereocenters. The summed E-state index contributed by atoms with van der Waals surface area (Å²) in [5.41, 5.74) is 9.32. The first kappa shape index (κ1) is 12.9. The minimum Gasteiger partial charge on any atom is -0.399 e. The van der Waals surface area contributed by atoms with Crippen molar-refractivity contribution in [3.05, 3.63) is 23.3 Å². The number of aryl methyl sites for hydroxylation is 2. The molecule has 4 nitrogen and oxygen atoms in total. The van der Waals surface area contributed by atoms with E-state index in [2.05, 4.69) is 5.32 Å². The third-order valence-corrected chi connectivity index (χ3v) is 3.40. The molecule has 1 fully saturated rings. The minimum atomic E-state index is -0.322. The number of nitrogen functional groups attached to an aromatic ring is 1. The number of hydrogen-bond donors (Lipinski definition) is 2. The van der Waals surface area contributed by atoms with Gasteiger partial charge < -0.3 is 15.8 Å². The smallest absolute Gasteiger partial charge is 0.253 e. The lowest BCUT2D eigenvalue weighted by molar-refractivity contribution is -0.126. The second-order valence-corrected chi connectivity index (χ2v) is 5.03. The van der Waals surface area contributed by atoms with Gasteiger partial charge in [-0.3, -0.25) is 4.79 Å². The van der Waals surface area contributed by atoms with Gasteiger partial charge in [0.15, 0.2) is 0 Å². The van der Waals surface area contributed by atoms with Crippen molar-refractivity contribution in [2.45, 2.75) is 45.8 Å². The van der Waals surface area contributed by atoms with E-state index >= 15 is 0 Å². The Morgan fingerprint density at radius 1 is 1.33 bits per heavy atom. The first-order chi connectivity index (χ1) is 8.47. The Kier molecular flexibility index (Phi) is 3.57. The van der Waals surface area contributed by atoms with Gasteiger partial charge in [0.25, 0.3) is 5.91 Å². The van der Waals surface area contributed by atoms with Crippen molar-refractivity contribution >= 4 is 17.3 Å². The van der Waals surface area contributed by atoms with E-state index in [0.29, 0.717) is 0 Å². The van der Waals surface area contributed by atoms with Gasteiger partial charge in [-0.15, -0.1) is 0 Å². The number of nitrogens with one attached hydrogen (secondary N) is 1. The molecule has 1 aliphatic heterocycles. The molecule has 1 aromatic carbocycles. The Labute approximate surface area is 108 Å². The van der Waals surface area contributed by atoms with Crippen LogP contribution in [-0.4, -0.2) is 18.1 Å². The number of ether oxygens (including phenoxy) is 1. The monoisotopic (exact) mass is 248 g/mol. The molecule has 0 aromatic heterocycles. The Hall–Kier alpha value is -1.55. The van der Waals surface area contributed by atoms with Gasteiger partial charge in [0, 0.05) is 11.4 Å². The quantitative estimate of drug-likeness (QED) is 0.790. The fourth-order valence-corrected chi connectivity index (χ4v) is 2.18. The average Bonchev–Trinajstić information content (AvgIpc) is 2.73. The van der Waals surface area contributed by atoms with Gasteiger partial charge in [-0.25, -0.2) is 0 Å². The van der Waals surface area contributed by atoms with Crippen LogP contribution in [0.1, 0.15) is 30.9 Å². The van der Waals surface area contributed by atoms with Crippen molar-refractivity contribution in [1.29, 1.82) is 0 Å². The minimum absolute atomic E-state index is 0.0633. The molecule has 4 heteroatoms. The maximum atomic E-state index is 12.0. The predicted molar refractivity (Wildman–Crippen MR) is 72.5 cm³/mol. The topological polar surface area (TPSA) is 64.3 Å². The zero-order chi connectivity index (χ0) is 13.3. The third kappa shape index (κ3) is 2.64. The SMILES string of the molecule is Cc1cc(NC(=O)C2CCC(C)O2)c(C)cc1N. The highest BCUT2D eigenvalue weighted by molar-refractivity contribution is 5.95. The Balaban J connectivity index is 2.09. The summed E-state index contributed by atoms with van der Waals surface area (Å²) in [6.07, 6.45) is 1.59. The van der Waals surface area contributed by atoms with E-state index in [1.165, 1.54) is 0 Å². The molecule has 18 heavy (non-hydrogen) atoms. The molecule has 0 spiro atoms. The highest BCUT2D eigenvalue weighted by Gasteiger charge is 2.28. The van der Waals surface area contributed by atoms with E-state index in [4.69, 9.17) is 10.5 Å². The number of amides is 1. The van der Waals surface area contributed by atoms with Crippen LogP contribution in [0.2, 0.25) is 0 Å². The zero-order valence-corrected chi connectivity index (χ0v) is 11.1. The van der Waals surface area contributed by atoms with Crippen LogP contribution in [0.25, 0.3) is 0 Å². The van der Waals surface area contributed by atoms with Crippen LogP contribution < -0.4 is 11.1 Å². The normalized spacial score (nSPS) is 23.1. The van der Waals surface area contributed by atoms with Crippen LogP contribution in [-0.2, 0) is 9.53 Å². The lowest BCUT2D eigenvalue weighted by Gasteiger charge is -2.14. The highest BCUT2D eigenvalue weighted by Crippen LogP contribution is 2.24. The van der Waals surface area contributed by atoms with E-state index in [0.717, 1.165) is 35.3 Å². The van der Waals surface area contributed by atoms with E-state index in [1.807, 2.05) is 32.9 Å². The van der Waals surface area contributed by atoms with Crippen molar-refractivity contribution in [2.75, 3.05) is 11.1 Å². The Morgan fingerprint density at radius 3 is 2.67 bits per heavy atom. The number of carbonyl (C=O) groups is 1. The van der Waals surface area contributed by atoms with Crippen LogP contribution in [0.4, 0.5) is 11.4 Å². The summed E-state index contributed by atoms with van der Waals surface area (Å²) in [7, 11) is 0. The summed E-state index contributed by atoms with van der Waals surface area (Å²) in [4.78, 5) is 12.0. The number of hydrogen-bond acceptors (Lipinski definition) is 3. The first-order valence-corrected chi connectivity index (χ1v) is 6.30. The van der Waals surface area contributed by atoms with Crippen LogP contribution in [0.5, 0.6) is 0 Å². The van der Waals surface area contributed by atoms with E-state index in [9.17, 15) is 4.79 Å². The summed E-state index contributed by atoms with van der Waals surface area (Å²) < 4.78 is 5.55. The lowest BCUT2D eigenvalue weighted by atomic mass is 10.1. The maximum absolute atomic E-state index is 12.0. The van der Waals surface area contributed by atoms with Gasteiger partial charge >= 0.3 is 0 Å². The summed E-state index contributed by atoms with van der Waals surface area (Å²) in [6.45, 7) is 5.86. The van der Waals surface area contributed by atoms with E-state index < -0.39 is 0 Å².